The molecule has 0 saturated carbocycles. The molecule has 1 atom stereocenters. The molecule has 0 aliphatic rings. The average Bonchev–Trinajstić information content (AvgIpc) is 2.62. The Morgan fingerprint density at radius 1 is 1.64 bits per heavy atom. The second-order valence-electron chi connectivity index (χ2n) is 3.58. The molecule has 1 heterocycles. The molecule has 0 spiro atoms. The summed E-state index contributed by atoms with van der Waals surface area (Å²) in [7, 11) is 0. The van der Waals surface area contributed by atoms with E-state index in [1.165, 1.54) is 11.3 Å². The second kappa shape index (κ2) is 4.55. The van der Waals surface area contributed by atoms with Crippen LogP contribution in [-0.4, -0.2) is 12.3 Å². The highest BCUT2D eigenvalue weighted by atomic mass is 79.9. The van der Waals surface area contributed by atoms with Crippen molar-refractivity contribution in [2.24, 2.45) is 11.1 Å². The summed E-state index contributed by atoms with van der Waals surface area (Å²) in [6.45, 7) is 4.30. The van der Waals surface area contributed by atoms with Gasteiger partial charge in [0.05, 0.1) is 0 Å². The SMILES string of the molecule is CCC(C)(CN)C(=O)c1cscc1Br. The van der Waals surface area contributed by atoms with Crippen LogP contribution in [-0.2, 0) is 0 Å². The van der Waals surface area contributed by atoms with Crippen LogP contribution in [0.1, 0.15) is 30.6 Å². The molecular weight excluding hydrogens is 262 g/mol. The molecule has 0 radical (unpaired) electrons. The fourth-order valence-electron chi connectivity index (χ4n) is 1.17. The van der Waals surface area contributed by atoms with Crippen molar-refractivity contribution >= 4 is 33.0 Å². The first-order chi connectivity index (χ1) is 6.55. The maximum absolute atomic E-state index is 12.1. The average molecular weight is 276 g/mol. The monoisotopic (exact) mass is 275 g/mol. The number of carbonyl (C=O) groups is 1. The van der Waals surface area contributed by atoms with E-state index in [1.54, 1.807) is 0 Å². The summed E-state index contributed by atoms with van der Waals surface area (Å²) in [5, 5.41) is 3.79. The van der Waals surface area contributed by atoms with Crippen molar-refractivity contribution in [2.75, 3.05) is 6.54 Å². The molecule has 0 aliphatic heterocycles. The summed E-state index contributed by atoms with van der Waals surface area (Å²) >= 11 is 4.89. The molecule has 78 valence electrons. The lowest BCUT2D eigenvalue weighted by atomic mass is 9.81. The summed E-state index contributed by atoms with van der Waals surface area (Å²) in [4.78, 5) is 12.1. The van der Waals surface area contributed by atoms with Crippen LogP contribution in [0.25, 0.3) is 0 Å². The Morgan fingerprint density at radius 2 is 2.29 bits per heavy atom. The van der Waals surface area contributed by atoms with Crippen LogP contribution in [0.5, 0.6) is 0 Å². The van der Waals surface area contributed by atoms with E-state index in [0.717, 1.165) is 16.5 Å². The number of thiophene rings is 1. The van der Waals surface area contributed by atoms with Crippen LogP contribution in [0.4, 0.5) is 0 Å². The lowest BCUT2D eigenvalue weighted by Gasteiger charge is -2.24. The molecule has 1 rings (SSSR count). The molecule has 0 aromatic carbocycles. The van der Waals surface area contributed by atoms with Crippen molar-refractivity contribution in [2.45, 2.75) is 20.3 Å². The van der Waals surface area contributed by atoms with Gasteiger partial charge in [-0.15, -0.1) is 0 Å². The highest BCUT2D eigenvalue weighted by Gasteiger charge is 2.31. The first-order valence-corrected chi connectivity index (χ1v) is 6.25. The highest BCUT2D eigenvalue weighted by molar-refractivity contribution is 9.10. The summed E-state index contributed by atoms with van der Waals surface area (Å²) in [6.07, 6.45) is 0.768. The van der Waals surface area contributed by atoms with Crippen molar-refractivity contribution in [3.63, 3.8) is 0 Å². The normalized spacial score (nSPS) is 15.1. The number of halogens is 1. The van der Waals surface area contributed by atoms with E-state index in [4.69, 9.17) is 5.73 Å². The molecule has 0 fully saturated rings. The second-order valence-corrected chi connectivity index (χ2v) is 5.18. The van der Waals surface area contributed by atoms with Crippen LogP contribution >= 0.6 is 27.3 Å². The number of hydrogen-bond acceptors (Lipinski definition) is 3. The van der Waals surface area contributed by atoms with Crippen LogP contribution < -0.4 is 5.73 Å². The molecule has 1 unspecified atom stereocenters. The Kier molecular flexibility index (Phi) is 3.86. The van der Waals surface area contributed by atoms with Gasteiger partial charge in [-0.3, -0.25) is 4.79 Å². The van der Waals surface area contributed by atoms with Crippen LogP contribution in [0.2, 0.25) is 0 Å². The van der Waals surface area contributed by atoms with Gasteiger partial charge in [-0.2, -0.15) is 11.3 Å². The minimum atomic E-state index is -0.427. The predicted octanol–water partition coefficient (Wildman–Crippen LogP) is 3.07. The van der Waals surface area contributed by atoms with Gasteiger partial charge >= 0.3 is 0 Å². The third-order valence-corrected chi connectivity index (χ3v) is 4.34. The van der Waals surface area contributed by atoms with Gasteiger partial charge in [0.15, 0.2) is 5.78 Å². The maximum Gasteiger partial charge on any atom is 0.171 e. The Labute approximate surface area is 96.6 Å². The summed E-state index contributed by atoms with van der Waals surface area (Å²) < 4.78 is 0.876. The molecule has 2 nitrogen and oxygen atoms in total. The van der Waals surface area contributed by atoms with Gasteiger partial charge < -0.3 is 5.73 Å². The molecule has 4 heteroatoms. The largest absolute Gasteiger partial charge is 0.329 e. The fraction of sp³-hybridized carbons (Fsp3) is 0.500. The van der Waals surface area contributed by atoms with Crippen molar-refractivity contribution < 1.29 is 4.79 Å². The molecular formula is C10H14BrNOS. The third kappa shape index (κ3) is 2.07. The van der Waals surface area contributed by atoms with Crippen molar-refractivity contribution in [1.82, 2.24) is 0 Å². The van der Waals surface area contributed by atoms with Gasteiger partial charge in [0.2, 0.25) is 0 Å². The van der Waals surface area contributed by atoms with Crippen molar-refractivity contribution in [1.29, 1.82) is 0 Å². The smallest absolute Gasteiger partial charge is 0.171 e. The van der Waals surface area contributed by atoms with Crippen LogP contribution in [0.15, 0.2) is 15.2 Å². The molecule has 0 amide bonds. The van der Waals surface area contributed by atoms with E-state index < -0.39 is 5.41 Å². The van der Waals surface area contributed by atoms with E-state index in [0.29, 0.717) is 6.54 Å². The molecule has 1 aromatic rings. The number of rotatable bonds is 4. The Bertz CT molecular complexity index is 331. The topological polar surface area (TPSA) is 43.1 Å². The summed E-state index contributed by atoms with van der Waals surface area (Å²) in [5.41, 5.74) is 5.97. The molecule has 14 heavy (non-hydrogen) atoms. The number of carbonyl (C=O) groups excluding carboxylic acids is 1. The third-order valence-electron chi connectivity index (χ3n) is 2.64. The lowest BCUT2D eigenvalue weighted by Crippen LogP contribution is -2.35. The zero-order chi connectivity index (χ0) is 10.8. The summed E-state index contributed by atoms with van der Waals surface area (Å²) in [5.74, 6) is 0.135. The molecule has 0 saturated heterocycles. The zero-order valence-corrected chi connectivity index (χ0v) is 10.7. The van der Waals surface area contributed by atoms with E-state index in [2.05, 4.69) is 15.9 Å². The fourth-order valence-corrected chi connectivity index (χ4v) is 2.62. The maximum atomic E-state index is 12.1. The van der Waals surface area contributed by atoms with Gasteiger partial charge in [-0.05, 0) is 22.4 Å². The molecule has 2 N–H and O–H groups in total. The number of hydrogen-bond donors (Lipinski definition) is 1. The first-order valence-electron chi connectivity index (χ1n) is 4.51. The van der Waals surface area contributed by atoms with Crippen LogP contribution in [0, 0.1) is 5.41 Å². The quantitative estimate of drug-likeness (QED) is 0.859. The molecule has 0 bridgehead atoms. The van der Waals surface area contributed by atoms with E-state index >= 15 is 0 Å². The zero-order valence-electron chi connectivity index (χ0n) is 8.34. The Hall–Kier alpha value is -0.190. The van der Waals surface area contributed by atoms with Crippen LogP contribution in [0.3, 0.4) is 0 Å². The van der Waals surface area contributed by atoms with Gasteiger partial charge in [-0.1, -0.05) is 13.8 Å². The minimum Gasteiger partial charge on any atom is -0.329 e. The van der Waals surface area contributed by atoms with E-state index in [9.17, 15) is 4.79 Å². The van der Waals surface area contributed by atoms with Gasteiger partial charge in [-0.25, -0.2) is 0 Å². The molecule has 1 aromatic heterocycles. The van der Waals surface area contributed by atoms with E-state index in [-0.39, 0.29) is 5.78 Å². The van der Waals surface area contributed by atoms with E-state index in [1.807, 2.05) is 24.6 Å². The lowest BCUT2D eigenvalue weighted by molar-refractivity contribution is 0.0820. The highest BCUT2D eigenvalue weighted by Crippen LogP contribution is 2.30. The van der Waals surface area contributed by atoms with Gasteiger partial charge in [0.1, 0.15) is 0 Å². The number of ketones is 1. The standard InChI is InChI=1S/C10H14BrNOS/c1-3-10(2,6-12)9(13)7-4-14-5-8(7)11/h4-5H,3,6,12H2,1-2H3. The van der Waals surface area contributed by atoms with Crippen molar-refractivity contribution in [3.8, 4) is 0 Å². The van der Waals surface area contributed by atoms with Crippen molar-refractivity contribution in [3.05, 3.63) is 20.8 Å². The Balaban J connectivity index is 3.01. The van der Waals surface area contributed by atoms with Gasteiger partial charge in [0, 0.05) is 32.8 Å². The first kappa shape index (κ1) is 11.9. The number of nitrogens with two attached hydrogens (primary N) is 1. The Morgan fingerprint density at radius 3 is 2.64 bits per heavy atom. The number of Topliss-reactive ketones (excluding diaryl/α,β-unsaturated/α-hetero) is 1. The van der Waals surface area contributed by atoms with Gasteiger partial charge in [0.25, 0.3) is 0 Å². The predicted molar refractivity (Wildman–Crippen MR) is 63.8 cm³/mol. The summed E-state index contributed by atoms with van der Waals surface area (Å²) in [6, 6.07) is 0. The minimum absolute atomic E-state index is 0.135. The molecule has 0 aliphatic carbocycles.